The summed E-state index contributed by atoms with van der Waals surface area (Å²) >= 11 is 5.14. The highest BCUT2D eigenvalue weighted by Crippen LogP contribution is 2.23. The summed E-state index contributed by atoms with van der Waals surface area (Å²) in [6.45, 7) is -0.190. The zero-order valence-corrected chi connectivity index (χ0v) is 12.4. The van der Waals surface area contributed by atoms with Crippen molar-refractivity contribution >= 4 is 23.8 Å². The second-order valence-corrected chi connectivity index (χ2v) is 5.06. The van der Waals surface area contributed by atoms with Gasteiger partial charge in [0.15, 0.2) is 10.5 Å². The zero-order chi connectivity index (χ0) is 14.7. The Balaban J connectivity index is 2.55. The largest absolute Gasteiger partial charge is 0.468 e. The van der Waals surface area contributed by atoms with Gasteiger partial charge in [0.1, 0.15) is 6.54 Å². The van der Waals surface area contributed by atoms with Crippen LogP contribution in [0.3, 0.4) is 0 Å². The van der Waals surface area contributed by atoms with Gasteiger partial charge >= 0.3 is 5.97 Å². The van der Waals surface area contributed by atoms with Crippen molar-refractivity contribution in [1.29, 1.82) is 0 Å². The van der Waals surface area contributed by atoms with Gasteiger partial charge in [-0.05, 0) is 43.5 Å². The number of hydrogen-bond donors (Lipinski definition) is 0. The molecule has 0 atom stereocenters. The quantitative estimate of drug-likeness (QED) is 0.623. The molecule has 0 fully saturated rings. The molecule has 0 saturated carbocycles. The highest BCUT2D eigenvalue weighted by atomic mass is 32.1. The topological polar surface area (TPSA) is 66.1 Å². The van der Waals surface area contributed by atoms with E-state index in [1.807, 2.05) is 6.08 Å². The minimum absolute atomic E-state index is 0.190. The monoisotopic (exact) mass is 295 g/mol. The lowest BCUT2D eigenvalue weighted by molar-refractivity contribution is -0.141. The molecule has 0 bridgehead atoms. The van der Waals surface area contributed by atoms with E-state index >= 15 is 0 Å². The molecule has 1 aliphatic carbocycles. The van der Waals surface area contributed by atoms with Crippen molar-refractivity contribution in [2.24, 2.45) is 7.05 Å². The van der Waals surface area contributed by atoms with E-state index in [1.54, 1.807) is 7.05 Å². The molecule has 1 heterocycles. The lowest BCUT2D eigenvalue weighted by atomic mass is 9.97. The lowest BCUT2D eigenvalue weighted by Gasteiger charge is -2.14. The number of ether oxygens (including phenoxy) is 1. The van der Waals surface area contributed by atoms with E-state index in [-0.39, 0.29) is 16.9 Å². The molecule has 7 heteroatoms. The molecule has 0 saturated heterocycles. The van der Waals surface area contributed by atoms with Crippen LogP contribution in [0.15, 0.2) is 10.9 Å². The molecule has 0 radical (unpaired) electrons. The van der Waals surface area contributed by atoms with Gasteiger partial charge in [0.2, 0.25) is 0 Å². The van der Waals surface area contributed by atoms with Crippen molar-refractivity contribution in [3.8, 4) is 0 Å². The van der Waals surface area contributed by atoms with Crippen LogP contribution >= 0.6 is 12.2 Å². The van der Waals surface area contributed by atoms with Crippen LogP contribution in [0.4, 0.5) is 0 Å². The summed E-state index contributed by atoms with van der Waals surface area (Å²) in [7, 11) is 2.95. The second kappa shape index (κ2) is 6.13. The molecule has 1 aliphatic rings. The molecule has 6 nitrogen and oxygen atoms in total. The molecule has 0 aromatic carbocycles. The van der Waals surface area contributed by atoms with Gasteiger partial charge in [-0.2, -0.15) is 5.10 Å². The van der Waals surface area contributed by atoms with Crippen LogP contribution in [0.1, 0.15) is 31.4 Å². The Kier molecular flexibility index (Phi) is 4.49. The Labute approximate surface area is 121 Å². The molecule has 108 valence electrons. The summed E-state index contributed by atoms with van der Waals surface area (Å²) in [4.78, 5) is 23.9. The van der Waals surface area contributed by atoms with Crippen molar-refractivity contribution < 1.29 is 9.53 Å². The molecule has 0 unspecified atom stereocenters. The van der Waals surface area contributed by atoms with Gasteiger partial charge in [-0.1, -0.05) is 6.08 Å². The van der Waals surface area contributed by atoms with Gasteiger partial charge in [-0.25, -0.2) is 4.68 Å². The van der Waals surface area contributed by atoms with E-state index in [4.69, 9.17) is 12.2 Å². The summed E-state index contributed by atoms with van der Waals surface area (Å²) in [5.74, 6) is -0.507. The Morgan fingerprint density at radius 1 is 1.50 bits per heavy atom. The first-order valence-corrected chi connectivity index (χ1v) is 6.89. The van der Waals surface area contributed by atoms with Crippen LogP contribution in [0.2, 0.25) is 0 Å². The third kappa shape index (κ3) is 2.87. The third-order valence-electron chi connectivity index (χ3n) is 3.32. The van der Waals surface area contributed by atoms with Crippen LogP contribution in [-0.4, -0.2) is 27.4 Å². The van der Waals surface area contributed by atoms with Crippen LogP contribution < -0.4 is 5.56 Å². The fourth-order valence-corrected chi connectivity index (χ4v) is 2.40. The van der Waals surface area contributed by atoms with Gasteiger partial charge < -0.3 is 4.74 Å². The number of carbonyl (C=O) groups is 1. The van der Waals surface area contributed by atoms with E-state index in [1.165, 1.54) is 16.4 Å². The second-order valence-electron chi connectivity index (χ2n) is 4.70. The van der Waals surface area contributed by atoms with E-state index < -0.39 is 5.97 Å². The number of methoxy groups -OCH3 is 1. The van der Waals surface area contributed by atoms with Crippen LogP contribution in [0.25, 0.3) is 5.57 Å². The average molecular weight is 295 g/mol. The summed E-state index contributed by atoms with van der Waals surface area (Å²) in [5, 5.41) is 4.25. The fraction of sp³-hybridized carbons (Fsp3) is 0.538. The summed E-state index contributed by atoms with van der Waals surface area (Å²) in [6.07, 6.45) is 6.00. The summed E-state index contributed by atoms with van der Waals surface area (Å²) < 4.78 is 7.49. The summed E-state index contributed by atoms with van der Waals surface area (Å²) in [5.41, 5.74) is 0.988. The lowest BCUT2D eigenvalue weighted by Crippen LogP contribution is -2.32. The maximum absolute atomic E-state index is 12.5. The van der Waals surface area contributed by atoms with E-state index in [9.17, 15) is 9.59 Å². The fourth-order valence-electron chi connectivity index (χ4n) is 2.21. The Bertz CT molecular complexity index is 672. The zero-order valence-electron chi connectivity index (χ0n) is 11.6. The van der Waals surface area contributed by atoms with Gasteiger partial charge in [0.05, 0.1) is 7.11 Å². The first-order valence-electron chi connectivity index (χ1n) is 6.49. The van der Waals surface area contributed by atoms with Gasteiger partial charge in [-0.15, -0.1) is 0 Å². The average Bonchev–Trinajstić information content (AvgIpc) is 2.48. The Hall–Kier alpha value is -1.76. The third-order valence-corrected chi connectivity index (χ3v) is 3.80. The van der Waals surface area contributed by atoms with Crippen LogP contribution in [0.5, 0.6) is 0 Å². The van der Waals surface area contributed by atoms with Crippen LogP contribution in [0, 0.1) is 4.77 Å². The molecule has 0 aliphatic heterocycles. The number of rotatable bonds is 3. The number of hydrogen-bond acceptors (Lipinski definition) is 5. The van der Waals surface area contributed by atoms with Gasteiger partial charge in [0, 0.05) is 7.05 Å². The van der Waals surface area contributed by atoms with Gasteiger partial charge in [-0.3, -0.25) is 14.2 Å². The van der Waals surface area contributed by atoms with Crippen molar-refractivity contribution in [2.45, 2.75) is 32.2 Å². The number of esters is 1. The molecular weight excluding hydrogens is 278 g/mol. The van der Waals surface area contributed by atoms with E-state index in [0.29, 0.717) is 5.69 Å². The molecule has 2 rings (SSSR count). The Morgan fingerprint density at radius 2 is 2.25 bits per heavy atom. The predicted octanol–water partition coefficient (Wildman–Crippen LogP) is 1.44. The predicted molar refractivity (Wildman–Crippen MR) is 76.8 cm³/mol. The number of aryl methyl sites for hydroxylation is 1. The number of aromatic nitrogens is 3. The number of carbonyl (C=O) groups excluding carboxylic acids is 1. The summed E-state index contributed by atoms with van der Waals surface area (Å²) in [6, 6.07) is 0. The van der Waals surface area contributed by atoms with Crippen molar-refractivity contribution in [2.75, 3.05) is 7.11 Å². The maximum Gasteiger partial charge on any atom is 0.325 e. The standard InChI is InChI=1S/C13H17N3O3S/c1-15-13(20)16(8-10(17)19-2)12(18)11(14-15)9-6-4-3-5-7-9/h6H,3-5,7-8H2,1-2H3. The van der Waals surface area contributed by atoms with Crippen LogP contribution in [-0.2, 0) is 23.1 Å². The first kappa shape index (κ1) is 14.6. The molecule has 0 spiro atoms. The Morgan fingerprint density at radius 3 is 2.85 bits per heavy atom. The normalized spacial score (nSPS) is 14.8. The van der Waals surface area contributed by atoms with E-state index in [0.717, 1.165) is 31.3 Å². The first-order chi connectivity index (χ1) is 9.54. The highest BCUT2D eigenvalue weighted by Gasteiger charge is 2.17. The maximum atomic E-state index is 12.5. The smallest absolute Gasteiger partial charge is 0.325 e. The SMILES string of the molecule is COC(=O)Cn1c(=O)c(C2=CCCCC2)nn(C)c1=S. The number of allylic oxidation sites excluding steroid dienone is 2. The van der Waals surface area contributed by atoms with Crippen molar-refractivity contribution in [1.82, 2.24) is 14.3 Å². The molecule has 0 N–H and O–H groups in total. The molecule has 20 heavy (non-hydrogen) atoms. The number of nitrogens with zero attached hydrogens (tertiary/aromatic N) is 3. The molecule has 0 amide bonds. The van der Waals surface area contributed by atoms with Crippen molar-refractivity contribution in [3.63, 3.8) is 0 Å². The minimum Gasteiger partial charge on any atom is -0.468 e. The minimum atomic E-state index is -0.507. The van der Waals surface area contributed by atoms with Crippen molar-refractivity contribution in [3.05, 3.63) is 26.9 Å². The molecular formula is C13H17N3O3S. The van der Waals surface area contributed by atoms with Gasteiger partial charge in [0.25, 0.3) is 5.56 Å². The highest BCUT2D eigenvalue weighted by molar-refractivity contribution is 7.71. The molecule has 1 aromatic rings. The van der Waals surface area contributed by atoms with E-state index in [2.05, 4.69) is 9.84 Å². The molecule has 1 aromatic heterocycles.